The Labute approximate surface area is 173 Å². The quantitative estimate of drug-likeness (QED) is 0.780. The highest BCUT2D eigenvalue weighted by Gasteiger charge is 2.39. The Morgan fingerprint density at radius 2 is 1.90 bits per heavy atom. The van der Waals surface area contributed by atoms with Gasteiger partial charge in [-0.3, -0.25) is 9.59 Å². The summed E-state index contributed by atoms with van der Waals surface area (Å²) < 4.78 is 5.39. The third-order valence-electron chi connectivity index (χ3n) is 5.69. The molecule has 0 spiro atoms. The number of para-hydroxylation sites is 1. The number of benzene rings is 2. The molecule has 1 heterocycles. The summed E-state index contributed by atoms with van der Waals surface area (Å²) in [7, 11) is 1.65. The summed E-state index contributed by atoms with van der Waals surface area (Å²) in [4.78, 5) is 27.4. The predicted molar refractivity (Wildman–Crippen MR) is 114 cm³/mol. The van der Waals surface area contributed by atoms with Crippen LogP contribution in [-0.4, -0.2) is 36.9 Å². The van der Waals surface area contributed by atoms with Gasteiger partial charge in [-0.15, -0.1) is 0 Å². The summed E-state index contributed by atoms with van der Waals surface area (Å²) in [5, 5.41) is 3.09. The average Bonchev–Trinajstić information content (AvgIpc) is 2.74. The van der Waals surface area contributed by atoms with Crippen molar-refractivity contribution >= 4 is 11.8 Å². The number of likely N-dealkylation sites (tertiary alicyclic amines) is 1. The van der Waals surface area contributed by atoms with Crippen LogP contribution in [0.4, 0.5) is 0 Å². The zero-order chi connectivity index (χ0) is 20.8. The van der Waals surface area contributed by atoms with E-state index < -0.39 is 0 Å². The minimum absolute atomic E-state index is 0.0106. The molecule has 0 saturated carbocycles. The van der Waals surface area contributed by atoms with Crippen molar-refractivity contribution in [1.29, 1.82) is 0 Å². The van der Waals surface area contributed by atoms with Gasteiger partial charge in [-0.1, -0.05) is 48.0 Å². The van der Waals surface area contributed by atoms with E-state index in [0.717, 1.165) is 22.4 Å². The lowest BCUT2D eigenvalue weighted by atomic mass is 9.83. The van der Waals surface area contributed by atoms with Crippen LogP contribution in [0.1, 0.15) is 42.5 Å². The topological polar surface area (TPSA) is 58.6 Å². The Bertz CT molecular complexity index is 847. The molecular formula is C24H30N2O3. The monoisotopic (exact) mass is 394 g/mol. The number of nitrogens with zero attached hydrogens (tertiary/aromatic N) is 1. The number of ether oxygens (including phenoxy) is 1. The molecule has 2 atom stereocenters. The fourth-order valence-electron chi connectivity index (χ4n) is 4.14. The third-order valence-corrected chi connectivity index (χ3v) is 5.69. The molecule has 0 aliphatic carbocycles. The Kier molecular flexibility index (Phi) is 6.91. The van der Waals surface area contributed by atoms with Gasteiger partial charge in [-0.25, -0.2) is 0 Å². The molecule has 2 aromatic carbocycles. The first-order chi connectivity index (χ1) is 14.0. The van der Waals surface area contributed by atoms with E-state index in [0.29, 0.717) is 32.4 Å². The number of nitrogens with one attached hydrogen (secondary N) is 1. The van der Waals surface area contributed by atoms with Gasteiger partial charge in [0.25, 0.3) is 0 Å². The Morgan fingerprint density at radius 1 is 1.17 bits per heavy atom. The first-order valence-electron chi connectivity index (χ1n) is 10.3. The molecule has 1 N–H and O–H groups in total. The van der Waals surface area contributed by atoms with E-state index in [1.807, 2.05) is 67.3 Å². The van der Waals surface area contributed by atoms with Crippen molar-refractivity contribution in [2.24, 2.45) is 5.92 Å². The maximum atomic E-state index is 13.1. The number of hydrogen-bond donors (Lipinski definition) is 1. The molecule has 29 heavy (non-hydrogen) atoms. The number of methoxy groups -OCH3 is 1. The van der Waals surface area contributed by atoms with Crippen molar-refractivity contribution in [3.05, 3.63) is 65.2 Å². The van der Waals surface area contributed by atoms with E-state index in [1.165, 1.54) is 0 Å². The number of amides is 2. The van der Waals surface area contributed by atoms with E-state index in [2.05, 4.69) is 5.32 Å². The molecule has 1 saturated heterocycles. The summed E-state index contributed by atoms with van der Waals surface area (Å²) in [5.41, 5.74) is 3.26. The number of piperidine rings is 1. The predicted octanol–water partition coefficient (Wildman–Crippen LogP) is 3.66. The molecule has 0 bridgehead atoms. The fraction of sp³-hybridized carbons (Fsp3) is 0.417. The van der Waals surface area contributed by atoms with Gasteiger partial charge in [0, 0.05) is 19.5 Å². The minimum atomic E-state index is -0.243. The molecule has 154 valence electrons. The van der Waals surface area contributed by atoms with Gasteiger partial charge in [-0.05, 0) is 43.9 Å². The van der Waals surface area contributed by atoms with E-state index in [4.69, 9.17) is 4.74 Å². The van der Waals surface area contributed by atoms with Crippen molar-refractivity contribution in [3.8, 4) is 5.75 Å². The normalized spacial score (nSPS) is 19.1. The summed E-state index contributed by atoms with van der Waals surface area (Å²) in [6.45, 7) is 5.15. The van der Waals surface area contributed by atoms with Crippen molar-refractivity contribution in [1.82, 2.24) is 10.2 Å². The third kappa shape index (κ3) is 4.78. The van der Waals surface area contributed by atoms with E-state index in [9.17, 15) is 9.59 Å². The second kappa shape index (κ2) is 9.59. The van der Waals surface area contributed by atoms with E-state index in [-0.39, 0.29) is 23.8 Å². The second-order valence-electron chi connectivity index (χ2n) is 7.53. The largest absolute Gasteiger partial charge is 0.496 e. The van der Waals surface area contributed by atoms with Crippen molar-refractivity contribution < 1.29 is 14.3 Å². The molecule has 0 radical (unpaired) electrons. The van der Waals surface area contributed by atoms with Crippen LogP contribution in [0.25, 0.3) is 0 Å². The number of carbonyl (C=O) groups excluding carboxylic acids is 2. The molecule has 0 aromatic heterocycles. The molecular weight excluding hydrogens is 364 g/mol. The van der Waals surface area contributed by atoms with Gasteiger partial charge in [0.15, 0.2) is 0 Å². The van der Waals surface area contributed by atoms with Crippen LogP contribution in [0.5, 0.6) is 5.75 Å². The Balaban J connectivity index is 1.72. The van der Waals surface area contributed by atoms with Crippen LogP contribution >= 0.6 is 0 Å². The molecule has 5 heteroatoms. The molecule has 2 aromatic rings. The highest BCUT2D eigenvalue weighted by atomic mass is 16.5. The lowest BCUT2D eigenvalue weighted by Gasteiger charge is -2.40. The zero-order valence-corrected chi connectivity index (χ0v) is 17.5. The van der Waals surface area contributed by atoms with Crippen LogP contribution in [0, 0.1) is 12.8 Å². The minimum Gasteiger partial charge on any atom is -0.496 e. The first kappa shape index (κ1) is 20.9. The number of carbonyl (C=O) groups is 2. The molecule has 2 amide bonds. The zero-order valence-electron chi connectivity index (χ0n) is 17.5. The molecule has 1 aliphatic heterocycles. The highest BCUT2D eigenvalue weighted by Crippen LogP contribution is 2.36. The average molecular weight is 395 g/mol. The standard InChI is InChI=1S/C24H30N2O3/c1-4-26-22(27)14-13-20(23(26)19-11-9-17(2)10-12-19)24(28)25-16-15-18-7-5-6-8-21(18)29-3/h5-12,20,23H,4,13-16H2,1-3H3,(H,25,28)/t20-,23+/m1/s1. The second-order valence-corrected chi connectivity index (χ2v) is 7.53. The lowest BCUT2D eigenvalue weighted by molar-refractivity contribution is -0.143. The number of hydrogen-bond acceptors (Lipinski definition) is 3. The van der Waals surface area contributed by atoms with Crippen LogP contribution in [0.15, 0.2) is 48.5 Å². The van der Waals surface area contributed by atoms with E-state index in [1.54, 1.807) is 7.11 Å². The fourth-order valence-corrected chi connectivity index (χ4v) is 4.14. The van der Waals surface area contributed by atoms with Gasteiger partial charge in [-0.2, -0.15) is 0 Å². The van der Waals surface area contributed by atoms with Gasteiger partial charge < -0.3 is 15.0 Å². The molecule has 0 unspecified atom stereocenters. The molecule has 3 rings (SSSR count). The smallest absolute Gasteiger partial charge is 0.225 e. The van der Waals surface area contributed by atoms with E-state index >= 15 is 0 Å². The maximum absolute atomic E-state index is 13.1. The van der Waals surface area contributed by atoms with Crippen LogP contribution in [0.2, 0.25) is 0 Å². The first-order valence-corrected chi connectivity index (χ1v) is 10.3. The summed E-state index contributed by atoms with van der Waals surface area (Å²) in [6.07, 6.45) is 1.70. The van der Waals surface area contributed by atoms with Crippen molar-refractivity contribution in [2.45, 2.75) is 39.2 Å². The van der Waals surface area contributed by atoms with Gasteiger partial charge in [0.2, 0.25) is 11.8 Å². The summed E-state index contributed by atoms with van der Waals surface area (Å²) >= 11 is 0. The SMILES string of the molecule is CCN1C(=O)CC[C@@H](C(=O)NCCc2ccccc2OC)[C@@H]1c1ccc(C)cc1. The maximum Gasteiger partial charge on any atom is 0.225 e. The molecule has 5 nitrogen and oxygen atoms in total. The van der Waals surface area contributed by atoms with Crippen LogP contribution in [0.3, 0.4) is 0 Å². The summed E-state index contributed by atoms with van der Waals surface area (Å²) in [6, 6.07) is 15.8. The molecule has 1 aliphatic rings. The number of rotatable bonds is 7. The Hall–Kier alpha value is -2.82. The lowest BCUT2D eigenvalue weighted by Crippen LogP contribution is -2.48. The van der Waals surface area contributed by atoms with Gasteiger partial charge in [0.05, 0.1) is 19.1 Å². The Morgan fingerprint density at radius 3 is 2.59 bits per heavy atom. The van der Waals surface area contributed by atoms with Crippen LogP contribution < -0.4 is 10.1 Å². The highest BCUT2D eigenvalue weighted by molar-refractivity contribution is 5.85. The van der Waals surface area contributed by atoms with Crippen molar-refractivity contribution in [2.75, 3.05) is 20.2 Å². The van der Waals surface area contributed by atoms with Crippen molar-refractivity contribution in [3.63, 3.8) is 0 Å². The number of aryl methyl sites for hydroxylation is 1. The van der Waals surface area contributed by atoms with Crippen LogP contribution in [-0.2, 0) is 16.0 Å². The van der Waals surface area contributed by atoms with Gasteiger partial charge in [0.1, 0.15) is 5.75 Å². The molecule has 1 fully saturated rings. The van der Waals surface area contributed by atoms with Gasteiger partial charge >= 0.3 is 0 Å². The summed E-state index contributed by atoms with van der Waals surface area (Å²) in [5.74, 6) is 0.722.